The van der Waals surface area contributed by atoms with E-state index in [1.54, 1.807) is 0 Å². The third kappa shape index (κ3) is 4.57. The molecule has 0 heterocycles. The lowest BCUT2D eigenvalue weighted by molar-refractivity contribution is 0.189. The van der Waals surface area contributed by atoms with Crippen LogP contribution in [0.2, 0.25) is 0 Å². The molecular weight excluding hydrogens is 124 g/mol. The van der Waals surface area contributed by atoms with E-state index in [9.17, 15) is 5.11 Å². The summed E-state index contributed by atoms with van der Waals surface area (Å²) in [7, 11) is 0. The Balaban J connectivity index is 3.46. The topological polar surface area (TPSA) is 20.2 Å². The fourth-order valence-corrected chi connectivity index (χ4v) is 0.880. The van der Waals surface area contributed by atoms with E-state index < -0.39 is 0 Å². The predicted molar refractivity (Wildman–Crippen MR) is 44.9 cm³/mol. The molecule has 0 saturated carbocycles. The average molecular weight is 142 g/mol. The Bertz CT molecular complexity index is 96.9. The van der Waals surface area contributed by atoms with E-state index in [2.05, 4.69) is 13.8 Å². The maximum absolute atomic E-state index is 9.26. The van der Waals surface area contributed by atoms with Crippen LogP contribution in [0.3, 0.4) is 0 Å². The molecule has 2 atom stereocenters. The molecule has 0 aromatic rings. The number of rotatable bonds is 4. The second-order valence-electron chi connectivity index (χ2n) is 2.84. The molecule has 0 rings (SSSR count). The van der Waals surface area contributed by atoms with E-state index in [0.29, 0.717) is 5.92 Å². The lowest BCUT2D eigenvalue weighted by atomic mass is 10.0. The van der Waals surface area contributed by atoms with Gasteiger partial charge >= 0.3 is 0 Å². The van der Waals surface area contributed by atoms with Gasteiger partial charge in [0.1, 0.15) is 0 Å². The lowest BCUT2D eigenvalue weighted by Crippen LogP contribution is -2.07. The van der Waals surface area contributed by atoms with Gasteiger partial charge in [-0.25, -0.2) is 0 Å². The molecule has 0 saturated heterocycles. The third-order valence-corrected chi connectivity index (χ3v) is 1.76. The number of hydrogen-bond acceptors (Lipinski definition) is 1. The van der Waals surface area contributed by atoms with Crippen molar-refractivity contribution in [1.82, 2.24) is 0 Å². The summed E-state index contributed by atoms with van der Waals surface area (Å²) in [4.78, 5) is 0. The molecule has 0 aromatic carbocycles. The maximum atomic E-state index is 9.26. The minimum atomic E-state index is -0.236. The number of aliphatic hydroxyl groups is 1. The number of aliphatic hydroxyl groups excluding tert-OH is 1. The molecular formula is C9H18O. The Morgan fingerprint density at radius 1 is 1.50 bits per heavy atom. The van der Waals surface area contributed by atoms with Gasteiger partial charge in [-0.2, -0.15) is 0 Å². The highest BCUT2D eigenvalue weighted by Crippen LogP contribution is 2.09. The summed E-state index contributed by atoms with van der Waals surface area (Å²) in [5, 5.41) is 9.26. The van der Waals surface area contributed by atoms with Gasteiger partial charge in [0.15, 0.2) is 0 Å². The van der Waals surface area contributed by atoms with Crippen LogP contribution in [0.5, 0.6) is 0 Å². The third-order valence-electron chi connectivity index (χ3n) is 1.76. The van der Waals surface area contributed by atoms with Gasteiger partial charge in [-0.15, -0.1) is 0 Å². The molecule has 0 bridgehead atoms. The molecule has 1 nitrogen and oxygen atoms in total. The molecule has 0 radical (unpaired) electrons. The Hall–Kier alpha value is -0.300. The number of hydrogen-bond donors (Lipinski definition) is 1. The molecule has 1 heteroatoms. The normalized spacial score (nSPS) is 17.6. The Labute approximate surface area is 63.8 Å². The monoisotopic (exact) mass is 142 g/mol. The zero-order valence-electron chi connectivity index (χ0n) is 7.17. The Morgan fingerprint density at radius 3 is 2.50 bits per heavy atom. The van der Waals surface area contributed by atoms with Crippen LogP contribution in [-0.2, 0) is 0 Å². The van der Waals surface area contributed by atoms with Crippen LogP contribution < -0.4 is 0 Å². The van der Waals surface area contributed by atoms with Crippen LogP contribution in [0.1, 0.15) is 33.6 Å². The summed E-state index contributed by atoms with van der Waals surface area (Å²) in [5.41, 5.74) is 0. The highest BCUT2D eigenvalue weighted by Gasteiger charge is 2.03. The van der Waals surface area contributed by atoms with Crippen LogP contribution >= 0.6 is 0 Å². The summed E-state index contributed by atoms with van der Waals surface area (Å²) in [5.74, 6) is 0.631. The van der Waals surface area contributed by atoms with Gasteiger partial charge in [0.25, 0.3) is 0 Å². The highest BCUT2D eigenvalue weighted by atomic mass is 16.3. The molecule has 1 unspecified atom stereocenters. The molecule has 0 fully saturated rings. The molecule has 0 aliphatic rings. The molecule has 0 aliphatic heterocycles. The fourth-order valence-electron chi connectivity index (χ4n) is 0.880. The van der Waals surface area contributed by atoms with Crippen molar-refractivity contribution in [3.8, 4) is 0 Å². The SMILES string of the molecule is CC=CC(O)C[C@@H](C)CC. The van der Waals surface area contributed by atoms with Gasteiger partial charge < -0.3 is 5.11 Å². The van der Waals surface area contributed by atoms with Gasteiger partial charge in [0.2, 0.25) is 0 Å². The smallest absolute Gasteiger partial charge is 0.0723 e. The van der Waals surface area contributed by atoms with E-state index in [4.69, 9.17) is 0 Å². The average Bonchev–Trinajstić information content (AvgIpc) is 1.88. The fraction of sp³-hybridized carbons (Fsp3) is 0.778. The molecule has 0 spiro atoms. The first kappa shape index (κ1) is 9.70. The first-order chi connectivity index (χ1) is 4.70. The molecule has 0 aromatic heterocycles. The van der Waals surface area contributed by atoms with Crippen molar-refractivity contribution in [2.24, 2.45) is 5.92 Å². The molecule has 0 aliphatic carbocycles. The van der Waals surface area contributed by atoms with Crippen LogP contribution in [0.25, 0.3) is 0 Å². The van der Waals surface area contributed by atoms with Gasteiger partial charge in [0, 0.05) is 0 Å². The summed E-state index contributed by atoms with van der Waals surface area (Å²) in [6.45, 7) is 6.24. The second kappa shape index (κ2) is 5.48. The van der Waals surface area contributed by atoms with Crippen molar-refractivity contribution in [2.75, 3.05) is 0 Å². The molecule has 60 valence electrons. The molecule has 1 N–H and O–H groups in total. The highest BCUT2D eigenvalue weighted by molar-refractivity contribution is 4.85. The van der Waals surface area contributed by atoms with Crippen molar-refractivity contribution in [2.45, 2.75) is 39.7 Å². The van der Waals surface area contributed by atoms with Gasteiger partial charge in [-0.3, -0.25) is 0 Å². The zero-order chi connectivity index (χ0) is 7.98. The van der Waals surface area contributed by atoms with Crippen molar-refractivity contribution >= 4 is 0 Å². The largest absolute Gasteiger partial charge is 0.389 e. The quantitative estimate of drug-likeness (QED) is 0.597. The van der Waals surface area contributed by atoms with Crippen molar-refractivity contribution in [3.63, 3.8) is 0 Å². The predicted octanol–water partition coefficient (Wildman–Crippen LogP) is 2.36. The summed E-state index contributed by atoms with van der Waals surface area (Å²) in [6.07, 6.45) is 5.54. The second-order valence-corrected chi connectivity index (χ2v) is 2.84. The van der Waals surface area contributed by atoms with Crippen molar-refractivity contribution in [1.29, 1.82) is 0 Å². The van der Waals surface area contributed by atoms with E-state index in [1.807, 2.05) is 19.1 Å². The minimum Gasteiger partial charge on any atom is -0.389 e. The number of allylic oxidation sites excluding steroid dienone is 1. The van der Waals surface area contributed by atoms with Crippen LogP contribution in [-0.4, -0.2) is 11.2 Å². The Morgan fingerprint density at radius 2 is 2.10 bits per heavy atom. The van der Waals surface area contributed by atoms with Crippen LogP contribution in [0, 0.1) is 5.92 Å². The van der Waals surface area contributed by atoms with Gasteiger partial charge in [-0.05, 0) is 19.3 Å². The zero-order valence-corrected chi connectivity index (χ0v) is 7.17. The Kier molecular flexibility index (Phi) is 5.32. The van der Waals surface area contributed by atoms with Crippen molar-refractivity contribution < 1.29 is 5.11 Å². The summed E-state index contributed by atoms with van der Waals surface area (Å²) < 4.78 is 0. The van der Waals surface area contributed by atoms with Gasteiger partial charge in [-0.1, -0.05) is 32.4 Å². The standard InChI is InChI=1S/C9H18O/c1-4-6-9(10)7-8(3)5-2/h4,6,8-10H,5,7H2,1-3H3/t8-,9?/m0/s1. The van der Waals surface area contributed by atoms with Crippen LogP contribution in [0.15, 0.2) is 12.2 Å². The minimum absolute atomic E-state index is 0.236. The van der Waals surface area contributed by atoms with E-state index in [1.165, 1.54) is 0 Å². The first-order valence-electron chi connectivity index (χ1n) is 4.01. The summed E-state index contributed by atoms with van der Waals surface area (Å²) >= 11 is 0. The van der Waals surface area contributed by atoms with E-state index >= 15 is 0 Å². The van der Waals surface area contributed by atoms with Crippen molar-refractivity contribution in [3.05, 3.63) is 12.2 Å². The lowest BCUT2D eigenvalue weighted by Gasteiger charge is -2.10. The van der Waals surface area contributed by atoms with Crippen LogP contribution in [0.4, 0.5) is 0 Å². The van der Waals surface area contributed by atoms with E-state index in [-0.39, 0.29) is 6.10 Å². The maximum Gasteiger partial charge on any atom is 0.0723 e. The summed E-state index contributed by atoms with van der Waals surface area (Å²) in [6, 6.07) is 0. The van der Waals surface area contributed by atoms with Gasteiger partial charge in [0.05, 0.1) is 6.10 Å². The molecule has 0 amide bonds. The van der Waals surface area contributed by atoms with E-state index in [0.717, 1.165) is 12.8 Å². The first-order valence-corrected chi connectivity index (χ1v) is 4.01. The molecule has 10 heavy (non-hydrogen) atoms.